The van der Waals surface area contributed by atoms with Gasteiger partial charge in [0.25, 0.3) is 5.91 Å². The van der Waals surface area contributed by atoms with Crippen LogP contribution in [0, 0.1) is 5.82 Å². The Balaban J connectivity index is 1.79. The number of fused-ring (bicyclic) bond motifs is 2. The number of aromatic nitrogens is 1. The number of hydrogen-bond donors (Lipinski definition) is 4. The fraction of sp³-hybridized carbons (Fsp3) is 0.250. The highest BCUT2D eigenvalue weighted by atomic mass is 19.1. The van der Waals surface area contributed by atoms with Crippen LogP contribution >= 0.6 is 0 Å². The van der Waals surface area contributed by atoms with Gasteiger partial charge in [-0.05, 0) is 60.7 Å². The zero-order valence-corrected chi connectivity index (χ0v) is 18.0. The summed E-state index contributed by atoms with van der Waals surface area (Å²) in [6.45, 7) is 2.88. The third-order valence-electron chi connectivity index (χ3n) is 5.69. The van der Waals surface area contributed by atoms with E-state index in [1.165, 1.54) is 26.0 Å². The number of aliphatic carboxylic acids is 1. The fourth-order valence-electron chi connectivity index (χ4n) is 3.94. The second-order valence-electron chi connectivity index (χ2n) is 8.56. The number of hydrogen-bond acceptors (Lipinski definition) is 5. The van der Waals surface area contributed by atoms with Crippen molar-refractivity contribution in [2.45, 2.75) is 38.8 Å². The molecule has 2 heterocycles. The molecular formula is C24H22FN3O5. The maximum absolute atomic E-state index is 13.2. The van der Waals surface area contributed by atoms with Gasteiger partial charge in [0.1, 0.15) is 16.9 Å². The van der Waals surface area contributed by atoms with Gasteiger partial charge in [0.05, 0.1) is 12.0 Å². The number of phenolic OH excluding ortho intramolecular Hbond substituents is 1. The highest BCUT2D eigenvalue weighted by Crippen LogP contribution is 2.37. The molecule has 1 aliphatic heterocycles. The first-order valence-electron chi connectivity index (χ1n) is 10.3. The number of amides is 2. The molecule has 0 spiro atoms. The summed E-state index contributed by atoms with van der Waals surface area (Å²) in [5, 5.41) is 25.7. The second kappa shape index (κ2) is 8.16. The number of aromatic hydroxyl groups is 1. The average molecular weight is 451 g/mol. The predicted octanol–water partition coefficient (Wildman–Crippen LogP) is 2.44. The van der Waals surface area contributed by atoms with Crippen molar-refractivity contribution >= 4 is 28.7 Å². The molecule has 0 fully saturated rings. The lowest BCUT2D eigenvalue weighted by atomic mass is 9.92. The number of pyridine rings is 1. The van der Waals surface area contributed by atoms with Crippen molar-refractivity contribution in [3.05, 3.63) is 70.2 Å². The summed E-state index contributed by atoms with van der Waals surface area (Å²) in [6.07, 6.45) is 1.80. The molecule has 0 atom stereocenters. The van der Waals surface area contributed by atoms with Crippen LogP contribution in [0.15, 0.2) is 36.5 Å². The van der Waals surface area contributed by atoms with Crippen LogP contribution in [-0.4, -0.2) is 38.5 Å². The number of nitrogens with zero attached hydrogens (tertiary/aromatic N) is 1. The number of halogens is 1. The summed E-state index contributed by atoms with van der Waals surface area (Å²) in [4.78, 5) is 40.8. The number of carbonyl (C=O) groups is 3. The minimum atomic E-state index is -1.48. The topological polar surface area (TPSA) is 129 Å². The van der Waals surface area contributed by atoms with Crippen LogP contribution in [0.3, 0.4) is 0 Å². The molecule has 8 nitrogen and oxygen atoms in total. The molecule has 4 N–H and O–H groups in total. The van der Waals surface area contributed by atoms with Gasteiger partial charge in [0.2, 0.25) is 5.91 Å². The summed E-state index contributed by atoms with van der Waals surface area (Å²) >= 11 is 0. The minimum absolute atomic E-state index is 0.0709. The molecule has 0 unspecified atom stereocenters. The van der Waals surface area contributed by atoms with E-state index in [1.54, 1.807) is 24.4 Å². The zero-order chi connectivity index (χ0) is 23.9. The number of rotatable bonds is 6. The molecule has 4 rings (SSSR count). The summed E-state index contributed by atoms with van der Waals surface area (Å²) in [5.74, 6) is -2.80. The third kappa shape index (κ3) is 4.21. The minimum Gasteiger partial charge on any atom is -0.505 e. The van der Waals surface area contributed by atoms with Gasteiger partial charge in [-0.25, -0.2) is 9.18 Å². The maximum atomic E-state index is 13.2. The van der Waals surface area contributed by atoms with Crippen LogP contribution < -0.4 is 10.6 Å². The van der Waals surface area contributed by atoms with Crippen molar-refractivity contribution in [3.8, 4) is 5.75 Å². The van der Waals surface area contributed by atoms with Gasteiger partial charge in [0.15, 0.2) is 5.75 Å². The Morgan fingerprint density at radius 1 is 1.21 bits per heavy atom. The molecule has 2 aromatic carbocycles. The van der Waals surface area contributed by atoms with Crippen molar-refractivity contribution < 1.29 is 29.0 Å². The Morgan fingerprint density at radius 3 is 2.58 bits per heavy atom. The number of carboxylic acids is 1. The van der Waals surface area contributed by atoms with Crippen molar-refractivity contribution in [1.29, 1.82) is 0 Å². The van der Waals surface area contributed by atoms with Crippen molar-refractivity contribution in [1.82, 2.24) is 15.6 Å². The number of benzene rings is 2. The second-order valence-corrected chi connectivity index (χ2v) is 8.56. The van der Waals surface area contributed by atoms with Crippen LogP contribution in [0.2, 0.25) is 0 Å². The van der Waals surface area contributed by atoms with E-state index in [0.29, 0.717) is 22.9 Å². The normalized spacial score (nSPS) is 13.0. The lowest BCUT2D eigenvalue weighted by Crippen LogP contribution is -2.50. The Kier molecular flexibility index (Phi) is 5.49. The van der Waals surface area contributed by atoms with Gasteiger partial charge in [-0.2, -0.15) is 0 Å². The standard InChI is InChI=1S/C24H22FN3O5/c1-24(2,23(32)33)28-18(29)9-15-16-8-13(7-12-3-5-14(25)6-4-12)10-26-20(16)21(30)19-17(15)11-27-22(19)31/h3-6,8,10,30H,7,9,11H2,1-2H3,(H,27,31)(H,28,29)(H,32,33). The highest BCUT2D eigenvalue weighted by Gasteiger charge is 2.32. The molecule has 2 amide bonds. The Hall–Kier alpha value is -4.01. The number of nitrogens with one attached hydrogen (secondary N) is 2. The molecular weight excluding hydrogens is 429 g/mol. The first-order valence-corrected chi connectivity index (χ1v) is 10.3. The monoisotopic (exact) mass is 451 g/mol. The SMILES string of the molecule is CC(C)(NC(=O)Cc1c2c(c(O)c3ncc(Cc4ccc(F)cc4)cc13)C(=O)NC2)C(=O)O. The summed E-state index contributed by atoms with van der Waals surface area (Å²) in [5.41, 5.74) is 1.35. The fourth-order valence-corrected chi connectivity index (χ4v) is 3.94. The predicted molar refractivity (Wildman–Crippen MR) is 117 cm³/mol. The lowest BCUT2D eigenvalue weighted by Gasteiger charge is -2.22. The molecule has 3 aromatic rings. The summed E-state index contributed by atoms with van der Waals surface area (Å²) in [6, 6.07) is 7.81. The number of carboxylic acid groups (broad SMARTS) is 1. The molecule has 0 radical (unpaired) electrons. The molecule has 0 saturated heterocycles. The molecule has 0 saturated carbocycles. The van der Waals surface area contributed by atoms with Crippen molar-refractivity contribution in [2.75, 3.05) is 0 Å². The van der Waals surface area contributed by atoms with Crippen molar-refractivity contribution in [3.63, 3.8) is 0 Å². The van der Waals surface area contributed by atoms with E-state index in [1.807, 2.05) is 0 Å². The van der Waals surface area contributed by atoms with Crippen LogP contribution in [0.25, 0.3) is 10.9 Å². The number of phenols is 1. The summed E-state index contributed by atoms with van der Waals surface area (Å²) in [7, 11) is 0. The zero-order valence-electron chi connectivity index (χ0n) is 18.0. The van der Waals surface area contributed by atoms with Crippen molar-refractivity contribution in [2.24, 2.45) is 0 Å². The van der Waals surface area contributed by atoms with Crippen LogP contribution in [0.5, 0.6) is 5.75 Å². The quantitative estimate of drug-likeness (QED) is 0.456. The largest absolute Gasteiger partial charge is 0.505 e. The third-order valence-corrected chi connectivity index (χ3v) is 5.69. The molecule has 170 valence electrons. The molecule has 0 aliphatic carbocycles. The first-order chi connectivity index (χ1) is 15.6. The van der Waals surface area contributed by atoms with Gasteiger partial charge in [-0.15, -0.1) is 0 Å². The number of carbonyl (C=O) groups excluding carboxylic acids is 2. The Bertz CT molecular complexity index is 1300. The van der Waals surface area contributed by atoms with Crippen LogP contribution in [0.4, 0.5) is 4.39 Å². The van der Waals surface area contributed by atoms with E-state index in [0.717, 1.165) is 11.1 Å². The van der Waals surface area contributed by atoms with Gasteiger partial charge in [-0.3, -0.25) is 14.6 Å². The Labute approximate surface area is 188 Å². The molecule has 1 aliphatic rings. The molecule has 9 heteroatoms. The average Bonchev–Trinajstić information content (AvgIpc) is 3.14. The summed E-state index contributed by atoms with van der Waals surface area (Å²) < 4.78 is 13.2. The van der Waals surface area contributed by atoms with E-state index in [-0.39, 0.29) is 35.6 Å². The van der Waals surface area contributed by atoms with E-state index in [4.69, 9.17) is 0 Å². The van der Waals surface area contributed by atoms with E-state index < -0.39 is 23.3 Å². The first kappa shape index (κ1) is 22.2. The van der Waals surface area contributed by atoms with Gasteiger partial charge >= 0.3 is 5.97 Å². The van der Waals surface area contributed by atoms with Crippen LogP contribution in [0.1, 0.15) is 46.5 Å². The molecule has 0 bridgehead atoms. The van der Waals surface area contributed by atoms with Gasteiger partial charge < -0.3 is 20.8 Å². The lowest BCUT2D eigenvalue weighted by molar-refractivity contribution is -0.145. The maximum Gasteiger partial charge on any atom is 0.328 e. The smallest absolute Gasteiger partial charge is 0.328 e. The van der Waals surface area contributed by atoms with Gasteiger partial charge in [-0.1, -0.05) is 12.1 Å². The highest BCUT2D eigenvalue weighted by molar-refractivity contribution is 6.08. The molecule has 33 heavy (non-hydrogen) atoms. The molecule has 1 aromatic heterocycles. The van der Waals surface area contributed by atoms with E-state index >= 15 is 0 Å². The Morgan fingerprint density at radius 2 is 1.91 bits per heavy atom. The van der Waals surface area contributed by atoms with E-state index in [9.17, 15) is 29.0 Å². The van der Waals surface area contributed by atoms with Gasteiger partial charge in [0, 0.05) is 18.1 Å². The van der Waals surface area contributed by atoms with Crippen LogP contribution in [-0.2, 0) is 29.0 Å². The van der Waals surface area contributed by atoms with E-state index in [2.05, 4.69) is 15.6 Å².